The van der Waals surface area contributed by atoms with Gasteiger partial charge >= 0.3 is 6.18 Å². The molecule has 0 aromatic carbocycles. The fourth-order valence-corrected chi connectivity index (χ4v) is 4.03. The lowest BCUT2D eigenvalue weighted by atomic mass is 9.75. The SMILES string of the molecule is CC1(C)CCCN(C2(CN)CCC(C(F)(F)F)CC2)CC1. The molecule has 1 aliphatic carbocycles. The molecule has 0 aromatic rings. The second-order valence-electron chi connectivity index (χ2n) is 7.75. The molecule has 0 atom stereocenters. The lowest BCUT2D eigenvalue weighted by Gasteiger charge is -2.47. The summed E-state index contributed by atoms with van der Waals surface area (Å²) in [5.41, 5.74) is 6.17. The Hall–Kier alpha value is -0.290. The first kappa shape index (κ1) is 17.1. The molecule has 0 radical (unpaired) electrons. The fraction of sp³-hybridized carbons (Fsp3) is 1.00. The van der Waals surface area contributed by atoms with E-state index in [4.69, 9.17) is 5.73 Å². The number of hydrogen-bond donors (Lipinski definition) is 1. The van der Waals surface area contributed by atoms with Crippen LogP contribution in [0.25, 0.3) is 0 Å². The third-order valence-corrected chi connectivity index (χ3v) is 5.77. The van der Waals surface area contributed by atoms with Crippen LogP contribution in [0, 0.1) is 11.3 Å². The van der Waals surface area contributed by atoms with Crippen LogP contribution in [0.5, 0.6) is 0 Å². The number of nitrogens with zero attached hydrogens (tertiary/aromatic N) is 1. The Kier molecular flexibility index (Phi) is 4.94. The summed E-state index contributed by atoms with van der Waals surface area (Å²) in [6.45, 7) is 7.01. The maximum Gasteiger partial charge on any atom is 0.391 e. The fourth-order valence-electron chi connectivity index (χ4n) is 4.03. The van der Waals surface area contributed by atoms with Gasteiger partial charge in [-0.15, -0.1) is 0 Å². The van der Waals surface area contributed by atoms with E-state index in [2.05, 4.69) is 18.7 Å². The van der Waals surface area contributed by atoms with Crippen LogP contribution in [0.15, 0.2) is 0 Å². The van der Waals surface area contributed by atoms with Gasteiger partial charge in [0.1, 0.15) is 0 Å². The average Bonchev–Trinajstić information content (AvgIpc) is 2.59. The van der Waals surface area contributed by atoms with E-state index in [0.717, 1.165) is 25.9 Å². The van der Waals surface area contributed by atoms with Gasteiger partial charge in [0, 0.05) is 12.1 Å². The Labute approximate surface area is 126 Å². The Morgan fingerprint density at radius 2 is 1.67 bits per heavy atom. The third kappa shape index (κ3) is 3.92. The summed E-state index contributed by atoms with van der Waals surface area (Å²) in [5.74, 6) is -1.12. The molecule has 0 unspecified atom stereocenters. The van der Waals surface area contributed by atoms with Gasteiger partial charge in [-0.1, -0.05) is 13.8 Å². The van der Waals surface area contributed by atoms with E-state index in [-0.39, 0.29) is 18.4 Å². The van der Waals surface area contributed by atoms with E-state index in [1.807, 2.05) is 0 Å². The number of hydrogen-bond acceptors (Lipinski definition) is 2. The van der Waals surface area contributed by atoms with Gasteiger partial charge in [-0.2, -0.15) is 13.2 Å². The van der Waals surface area contributed by atoms with Gasteiger partial charge in [0.2, 0.25) is 0 Å². The molecule has 124 valence electrons. The van der Waals surface area contributed by atoms with E-state index in [1.165, 1.54) is 6.42 Å². The van der Waals surface area contributed by atoms with E-state index in [0.29, 0.717) is 24.8 Å². The summed E-state index contributed by atoms with van der Waals surface area (Å²) in [4.78, 5) is 2.41. The molecule has 21 heavy (non-hydrogen) atoms. The van der Waals surface area contributed by atoms with Crippen molar-refractivity contribution >= 4 is 0 Å². The lowest BCUT2D eigenvalue weighted by molar-refractivity contribution is -0.188. The molecular formula is C16H29F3N2. The first-order chi connectivity index (χ1) is 9.69. The van der Waals surface area contributed by atoms with E-state index >= 15 is 0 Å². The van der Waals surface area contributed by atoms with Crippen LogP contribution in [0.2, 0.25) is 0 Å². The van der Waals surface area contributed by atoms with Gasteiger partial charge in [-0.25, -0.2) is 0 Å². The zero-order valence-electron chi connectivity index (χ0n) is 13.3. The zero-order chi connectivity index (χ0) is 15.7. The molecule has 1 saturated carbocycles. The van der Waals surface area contributed by atoms with Crippen molar-refractivity contribution in [1.29, 1.82) is 0 Å². The monoisotopic (exact) mass is 306 g/mol. The quantitative estimate of drug-likeness (QED) is 0.837. The van der Waals surface area contributed by atoms with E-state index < -0.39 is 12.1 Å². The molecule has 2 nitrogen and oxygen atoms in total. The van der Waals surface area contributed by atoms with Crippen molar-refractivity contribution < 1.29 is 13.2 Å². The van der Waals surface area contributed by atoms with Gasteiger partial charge in [0.05, 0.1) is 5.92 Å². The molecular weight excluding hydrogens is 277 g/mol. The zero-order valence-corrected chi connectivity index (χ0v) is 13.3. The number of alkyl halides is 3. The van der Waals surface area contributed by atoms with Crippen molar-refractivity contribution in [2.45, 2.75) is 70.5 Å². The van der Waals surface area contributed by atoms with E-state index in [1.54, 1.807) is 0 Å². The van der Waals surface area contributed by atoms with Crippen molar-refractivity contribution in [3.63, 3.8) is 0 Å². The molecule has 2 N–H and O–H groups in total. The number of rotatable bonds is 2. The predicted molar refractivity (Wildman–Crippen MR) is 79.0 cm³/mol. The highest BCUT2D eigenvalue weighted by Crippen LogP contribution is 2.44. The topological polar surface area (TPSA) is 29.3 Å². The second kappa shape index (κ2) is 6.07. The minimum atomic E-state index is -4.04. The first-order valence-electron chi connectivity index (χ1n) is 8.20. The van der Waals surface area contributed by atoms with Crippen LogP contribution in [-0.2, 0) is 0 Å². The Morgan fingerprint density at radius 3 is 2.19 bits per heavy atom. The normalized spacial score (nSPS) is 35.4. The first-order valence-corrected chi connectivity index (χ1v) is 8.20. The van der Waals surface area contributed by atoms with Gasteiger partial charge in [-0.05, 0) is 63.5 Å². The Bertz CT molecular complexity index is 344. The third-order valence-electron chi connectivity index (χ3n) is 5.77. The van der Waals surface area contributed by atoms with Crippen molar-refractivity contribution in [2.24, 2.45) is 17.1 Å². The smallest absolute Gasteiger partial charge is 0.329 e. The molecule has 2 fully saturated rings. The van der Waals surface area contributed by atoms with Gasteiger partial charge < -0.3 is 5.73 Å². The van der Waals surface area contributed by atoms with Crippen LogP contribution in [0.4, 0.5) is 13.2 Å². The molecule has 1 heterocycles. The summed E-state index contributed by atoms with van der Waals surface area (Å²) >= 11 is 0. The Balaban J connectivity index is 2.03. The number of nitrogens with two attached hydrogens (primary N) is 1. The molecule has 0 spiro atoms. The van der Waals surface area contributed by atoms with Gasteiger partial charge in [0.25, 0.3) is 0 Å². The predicted octanol–water partition coefficient (Wildman–Crippen LogP) is 3.95. The highest BCUT2D eigenvalue weighted by molar-refractivity contribution is 4.98. The molecule has 2 rings (SSSR count). The number of halogens is 3. The molecule has 2 aliphatic rings. The standard InChI is InChI=1S/C16H29F3N2/c1-14(2)6-3-10-21(11-9-14)15(12-20)7-4-13(5-8-15)16(17,18)19/h13H,3-12,20H2,1-2H3. The van der Waals surface area contributed by atoms with Gasteiger partial charge in [0.15, 0.2) is 0 Å². The van der Waals surface area contributed by atoms with Crippen molar-refractivity contribution in [3.05, 3.63) is 0 Å². The molecule has 0 amide bonds. The largest absolute Gasteiger partial charge is 0.391 e. The van der Waals surface area contributed by atoms with Crippen molar-refractivity contribution in [2.75, 3.05) is 19.6 Å². The van der Waals surface area contributed by atoms with Gasteiger partial charge in [-0.3, -0.25) is 4.90 Å². The Morgan fingerprint density at radius 1 is 1.05 bits per heavy atom. The minimum Gasteiger partial charge on any atom is -0.329 e. The highest BCUT2D eigenvalue weighted by atomic mass is 19.4. The van der Waals surface area contributed by atoms with Crippen molar-refractivity contribution in [3.8, 4) is 0 Å². The van der Waals surface area contributed by atoms with E-state index in [9.17, 15) is 13.2 Å². The second-order valence-corrected chi connectivity index (χ2v) is 7.75. The molecule has 0 bridgehead atoms. The lowest BCUT2D eigenvalue weighted by Crippen LogP contribution is -2.56. The minimum absolute atomic E-state index is 0.192. The summed E-state index contributed by atoms with van der Waals surface area (Å²) in [7, 11) is 0. The molecule has 1 saturated heterocycles. The van der Waals surface area contributed by atoms with Crippen LogP contribution >= 0.6 is 0 Å². The number of likely N-dealkylation sites (tertiary alicyclic amines) is 1. The van der Waals surface area contributed by atoms with Crippen LogP contribution < -0.4 is 5.73 Å². The summed E-state index contributed by atoms with van der Waals surface area (Å²) in [5, 5.41) is 0. The summed E-state index contributed by atoms with van der Waals surface area (Å²) in [6.07, 6.45) is 1.04. The summed E-state index contributed by atoms with van der Waals surface area (Å²) < 4.78 is 38.6. The molecule has 0 aromatic heterocycles. The average molecular weight is 306 g/mol. The van der Waals surface area contributed by atoms with Crippen molar-refractivity contribution in [1.82, 2.24) is 4.90 Å². The molecule has 5 heteroatoms. The van der Waals surface area contributed by atoms with Crippen LogP contribution in [0.3, 0.4) is 0 Å². The van der Waals surface area contributed by atoms with Crippen LogP contribution in [-0.4, -0.2) is 36.2 Å². The summed E-state index contributed by atoms with van der Waals surface area (Å²) in [6, 6.07) is 0. The van der Waals surface area contributed by atoms with Crippen LogP contribution in [0.1, 0.15) is 58.8 Å². The maximum absolute atomic E-state index is 12.9. The highest BCUT2D eigenvalue weighted by Gasteiger charge is 2.47. The molecule has 1 aliphatic heterocycles. The maximum atomic E-state index is 12.9.